The van der Waals surface area contributed by atoms with E-state index in [9.17, 15) is 9.18 Å². The van der Waals surface area contributed by atoms with Gasteiger partial charge < -0.3 is 5.32 Å². The Morgan fingerprint density at radius 2 is 2.22 bits per heavy atom. The second kappa shape index (κ2) is 4.95. The summed E-state index contributed by atoms with van der Waals surface area (Å²) >= 11 is 0. The van der Waals surface area contributed by atoms with Crippen LogP contribution in [0.5, 0.6) is 0 Å². The smallest absolute Gasteiger partial charge is 0.259 e. The number of hydrogen-bond donors (Lipinski definition) is 1. The highest BCUT2D eigenvalue weighted by Crippen LogP contribution is 2.11. The molecular weight excluding hydrogens is 235 g/mol. The number of carbonyl (C=O) groups is 1. The summed E-state index contributed by atoms with van der Waals surface area (Å²) in [6.07, 6.45) is 4.12. The van der Waals surface area contributed by atoms with Crippen LogP contribution in [-0.4, -0.2) is 20.7 Å². The van der Waals surface area contributed by atoms with E-state index in [4.69, 9.17) is 0 Å². The Bertz CT molecular complexity index is 565. The van der Waals surface area contributed by atoms with Crippen molar-refractivity contribution in [1.29, 1.82) is 0 Å². The molecule has 6 heteroatoms. The van der Waals surface area contributed by atoms with Gasteiger partial charge in [0.05, 0.1) is 11.8 Å². The third-order valence-electron chi connectivity index (χ3n) is 2.40. The number of nitrogens with one attached hydrogen (secondary N) is 1. The lowest BCUT2D eigenvalue weighted by Gasteiger charge is -2.05. The summed E-state index contributed by atoms with van der Waals surface area (Å²) in [6, 6.07) is 3.19. The van der Waals surface area contributed by atoms with Gasteiger partial charge >= 0.3 is 0 Å². The maximum Gasteiger partial charge on any atom is 0.259 e. The highest BCUT2D eigenvalue weighted by Gasteiger charge is 2.12. The fraction of sp³-hybridized carbons (Fsp3) is 0.250. The van der Waals surface area contributed by atoms with Gasteiger partial charge in [-0.05, 0) is 19.9 Å². The van der Waals surface area contributed by atoms with Gasteiger partial charge in [-0.2, -0.15) is 5.10 Å². The third-order valence-corrected chi connectivity index (χ3v) is 2.40. The number of hydrogen-bond acceptors (Lipinski definition) is 3. The molecule has 94 valence electrons. The van der Waals surface area contributed by atoms with Crippen molar-refractivity contribution in [2.45, 2.75) is 19.9 Å². The van der Waals surface area contributed by atoms with Crippen LogP contribution in [-0.2, 0) is 0 Å². The molecule has 18 heavy (non-hydrogen) atoms. The molecule has 0 aliphatic rings. The molecule has 0 atom stereocenters. The quantitative estimate of drug-likeness (QED) is 0.906. The number of halogens is 1. The lowest BCUT2D eigenvalue weighted by Crippen LogP contribution is -2.14. The van der Waals surface area contributed by atoms with Crippen LogP contribution in [0.2, 0.25) is 0 Å². The fourth-order valence-corrected chi connectivity index (χ4v) is 1.44. The first-order valence-electron chi connectivity index (χ1n) is 5.54. The molecule has 0 aromatic carbocycles. The lowest BCUT2D eigenvalue weighted by atomic mass is 10.2. The maximum absolute atomic E-state index is 13.3. The van der Waals surface area contributed by atoms with E-state index in [2.05, 4.69) is 15.4 Å². The summed E-state index contributed by atoms with van der Waals surface area (Å²) in [7, 11) is 0. The summed E-state index contributed by atoms with van der Waals surface area (Å²) in [5.74, 6) is -0.799. The molecule has 5 nitrogen and oxygen atoms in total. The van der Waals surface area contributed by atoms with Crippen molar-refractivity contribution in [2.24, 2.45) is 0 Å². The van der Waals surface area contributed by atoms with Crippen LogP contribution >= 0.6 is 0 Å². The van der Waals surface area contributed by atoms with Crippen LogP contribution in [0.1, 0.15) is 30.2 Å². The SMILES string of the molecule is CC(C)n1ccc(NC(=O)c2ccncc2F)n1. The van der Waals surface area contributed by atoms with Crippen LogP contribution in [0.15, 0.2) is 30.7 Å². The molecule has 2 aromatic heterocycles. The number of anilines is 1. The Hall–Kier alpha value is -2.24. The van der Waals surface area contributed by atoms with Gasteiger partial charge in [0.15, 0.2) is 11.6 Å². The molecule has 0 saturated carbocycles. The number of pyridine rings is 1. The summed E-state index contributed by atoms with van der Waals surface area (Å²) in [5, 5.41) is 6.69. The number of rotatable bonds is 3. The monoisotopic (exact) mass is 248 g/mol. The highest BCUT2D eigenvalue weighted by molar-refractivity contribution is 6.03. The second-order valence-electron chi connectivity index (χ2n) is 4.08. The number of amides is 1. The van der Waals surface area contributed by atoms with Crippen molar-refractivity contribution in [3.63, 3.8) is 0 Å². The normalized spacial score (nSPS) is 10.7. The van der Waals surface area contributed by atoms with Gasteiger partial charge in [-0.1, -0.05) is 0 Å². The number of aromatic nitrogens is 3. The molecule has 1 amide bonds. The zero-order chi connectivity index (χ0) is 13.1. The van der Waals surface area contributed by atoms with Gasteiger partial charge in [-0.3, -0.25) is 14.5 Å². The van der Waals surface area contributed by atoms with Crippen LogP contribution in [0, 0.1) is 5.82 Å². The summed E-state index contributed by atoms with van der Waals surface area (Å²) in [5.41, 5.74) is -0.0518. The zero-order valence-electron chi connectivity index (χ0n) is 10.1. The third kappa shape index (κ3) is 2.53. The van der Waals surface area contributed by atoms with Gasteiger partial charge in [0.2, 0.25) is 0 Å². The predicted molar refractivity (Wildman–Crippen MR) is 64.8 cm³/mol. The minimum Gasteiger partial charge on any atom is -0.305 e. The maximum atomic E-state index is 13.3. The van der Waals surface area contributed by atoms with E-state index in [1.54, 1.807) is 16.9 Å². The predicted octanol–water partition coefficient (Wildman–Crippen LogP) is 2.25. The van der Waals surface area contributed by atoms with E-state index < -0.39 is 11.7 Å². The Balaban J connectivity index is 2.14. The Morgan fingerprint density at radius 3 is 2.83 bits per heavy atom. The molecule has 2 aromatic rings. The van der Waals surface area contributed by atoms with Crippen molar-refractivity contribution in [3.8, 4) is 0 Å². The van der Waals surface area contributed by atoms with Gasteiger partial charge in [0.1, 0.15) is 0 Å². The molecule has 2 heterocycles. The minimum atomic E-state index is -0.654. The zero-order valence-corrected chi connectivity index (χ0v) is 10.1. The van der Waals surface area contributed by atoms with Gasteiger partial charge in [0.25, 0.3) is 5.91 Å². The van der Waals surface area contributed by atoms with E-state index in [0.717, 1.165) is 6.20 Å². The van der Waals surface area contributed by atoms with E-state index in [1.165, 1.54) is 12.3 Å². The largest absolute Gasteiger partial charge is 0.305 e. The lowest BCUT2D eigenvalue weighted by molar-refractivity contribution is 0.102. The second-order valence-corrected chi connectivity index (χ2v) is 4.08. The van der Waals surface area contributed by atoms with E-state index in [1.807, 2.05) is 13.8 Å². The molecule has 0 aliphatic carbocycles. The molecule has 0 fully saturated rings. The van der Waals surface area contributed by atoms with E-state index in [-0.39, 0.29) is 11.6 Å². The topological polar surface area (TPSA) is 59.8 Å². The summed E-state index contributed by atoms with van der Waals surface area (Å²) < 4.78 is 15.0. The summed E-state index contributed by atoms with van der Waals surface area (Å²) in [4.78, 5) is 15.4. The average Bonchev–Trinajstić information content (AvgIpc) is 2.78. The number of carbonyl (C=O) groups excluding carboxylic acids is 1. The van der Waals surface area contributed by atoms with Crippen molar-refractivity contribution in [2.75, 3.05) is 5.32 Å². The van der Waals surface area contributed by atoms with Crippen molar-refractivity contribution in [1.82, 2.24) is 14.8 Å². The molecule has 0 aliphatic heterocycles. The number of nitrogens with zero attached hydrogens (tertiary/aromatic N) is 3. The van der Waals surface area contributed by atoms with Crippen molar-refractivity contribution < 1.29 is 9.18 Å². The molecule has 0 saturated heterocycles. The van der Waals surface area contributed by atoms with Crippen molar-refractivity contribution in [3.05, 3.63) is 42.1 Å². The fourth-order valence-electron chi connectivity index (χ4n) is 1.44. The van der Waals surface area contributed by atoms with Gasteiger partial charge in [-0.15, -0.1) is 0 Å². The van der Waals surface area contributed by atoms with E-state index in [0.29, 0.717) is 5.82 Å². The minimum absolute atomic E-state index is 0.0518. The average molecular weight is 248 g/mol. The van der Waals surface area contributed by atoms with Crippen molar-refractivity contribution >= 4 is 11.7 Å². The van der Waals surface area contributed by atoms with Gasteiger partial charge in [0, 0.05) is 24.5 Å². The van der Waals surface area contributed by atoms with E-state index >= 15 is 0 Å². The standard InChI is InChI=1S/C12H13FN4O/c1-8(2)17-6-4-11(16-17)15-12(18)9-3-5-14-7-10(9)13/h3-8H,1-2H3,(H,15,16,18). The Kier molecular flexibility index (Phi) is 3.36. The van der Waals surface area contributed by atoms with Crippen LogP contribution in [0.4, 0.5) is 10.2 Å². The summed E-state index contributed by atoms with van der Waals surface area (Å²) in [6.45, 7) is 3.95. The molecular formula is C12H13FN4O. The van der Waals surface area contributed by atoms with Crippen LogP contribution < -0.4 is 5.32 Å². The van der Waals surface area contributed by atoms with Gasteiger partial charge in [-0.25, -0.2) is 4.39 Å². The van der Waals surface area contributed by atoms with Crippen LogP contribution in [0.25, 0.3) is 0 Å². The first-order valence-corrected chi connectivity index (χ1v) is 5.54. The molecule has 0 radical (unpaired) electrons. The Labute approximate surface area is 104 Å². The van der Waals surface area contributed by atoms with Crippen LogP contribution in [0.3, 0.4) is 0 Å². The highest BCUT2D eigenvalue weighted by atomic mass is 19.1. The molecule has 0 spiro atoms. The molecule has 2 rings (SSSR count). The molecule has 0 bridgehead atoms. The Morgan fingerprint density at radius 1 is 1.44 bits per heavy atom. The first-order chi connectivity index (χ1) is 8.58. The molecule has 1 N–H and O–H groups in total. The molecule has 0 unspecified atom stereocenters. The first kappa shape index (κ1) is 12.2.